The van der Waals surface area contributed by atoms with Gasteiger partial charge in [0.1, 0.15) is 0 Å². The highest BCUT2D eigenvalue weighted by Crippen LogP contribution is 2.28. The van der Waals surface area contributed by atoms with Crippen molar-refractivity contribution >= 4 is 28.9 Å². The minimum Gasteiger partial charge on any atom is -0.493 e. The number of carbonyl (C=O) groups excluding carboxylic acids is 1. The van der Waals surface area contributed by atoms with Crippen molar-refractivity contribution in [3.63, 3.8) is 0 Å². The summed E-state index contributed by atoms with van der Waals surface area (Å²) < 4.78 is 10.3. The van der Waals surface area contributed by atoms with E-state index in [0.717, 1.165) is 11.1 Å². The fourth-order valence-corrected chi connectivity index (χ4v) is 2.25. The van der Waals surface area contributed by atoms with Gasteiger partial charge in [-0.3, -0.25) is 9.79 Å². The van der Waals surface area contributed by atoms with E-state index in [1.165, 1.54) is 14.0 Å². The third-order valence-electron chi connectivity index (χ3n) is 3.30. The molecule has 2 aromatic carbocycles. The number of hydrogen-bond donors (Lipinski definition) is 2. The van der Waals surface area contributed by atoms with E-state index in [-0.39, 0.29) is 5.69 Å². The third kappa shape index (κ3) is 3.35. The lowest BCUT2D eigenvalue weighted by molar-refractivity contribution is -0.132. The van der Waals surface area contributed by atoms with Gasteiger partial charge in [-0.05, 0) is 42.0 Å². The van der Waals surface area contributed by atoms with E-state index in [2.05, 4.69) is 15.0 Å². The predicted octanol–water partition coefficient (Wildman–Crippen LogP) is 2.54. The molecule has 0 bridgehead atoms. The van der Waals surface area contributed by atoms with Crippen molar-refractivity contribution in [2.45, 2.75) is 6.92 Å². The molecule has 3 aromatic rings. The van der Waals surface area contributed by atoms with Crippen LogP contribution < -0.4 is 15.2 Å². The number of aliphatic imine (C=N–C) groups is 1. The number of benzene rings is 2. The first-order valence-electron chi connectivity index (χ1n) is 7.18. The van der Waals surface area contributed by atoms with Crippen LogP contribution in [0.25, 0.3) is 11.0 Å². The Balaban J connectivity index is 1.86. The van der Waals surface area contributed by atoms with Gasteiger partial charge in [-0.2, -0.15) is 0 Å². The van der Waals surface area contributed by atoms with Gasteiger partial charge in [0.15, 0.2) is 11.5 Å². The highest BCUT2D eigenvalue weighted by Gasteiger charge is 2.07. The summed E-state index contributed by atoms with van der Waals surface area (Å²) >= 11 is 0. The summed E-state index contributed by atoms with van der Waals surface area (Å²) in [6.45, 7) is 1.33. The third-order valence-corrected chi connectivity index (χ3v) is 3.30. The number of esters is 1. The Kier molecular flexibility index (Phi) is 4.15. The Morgan fingerprint density at radius 1 is 1.08 bits per heavy atom. The van der Waals surface area contributed by atoms with Crippen molar-refractivity contribution in [1.82, 2.24) is 9.97 Å². The molecule has 0 aliphatic carbocycles. The molecule has 1 aromatic heterocycles. The fourth-order valence-electron chi connectivity index (χ4n) is 2.25. The van der Waals surface area contributed by atoms with Gasteiger partial charge in [-0.1, -0.05) is 0 Å². The molecule has 7 nitrogen and oxygen atoms in total. The summed E-state index contributed by atoms with van der Waals surface area (Å²) in [5.74, 6) is 0.386. The molecule has 122 valence electrons. The van der Waals surface area contributed by atoms with Crippen LogP contribution in [0.4, 0.5) is 5.69 Å². The maximum Gasteiger partial charge on any atom is 0.323 e. The van der Waals surface area contributed by atoms with Crippen molar-refractivity contribution in [2.75, 3.05) is 7.11 Å². The molecule has 0 saturated carbocycles. The summed E-state index contributed by atoms with van der Waals surface area (Å²) in [7, 11) is 1.50. The molecule has 0 fully saturated rings. The monoisotopic (exact) mass is 325 g/mol. The number of fused-ring (bicyclic) bond motifs is 1. The number of nitrogens with one attached hydrogen (secondary N) is 2. The number of methoxy groups -OCH3 is 1. The van der Waals surface area contributed by atoms with Gasteiger partial charge in [0.2, 0.25) is 0 Å². The van der Waals surface area contributed by atoms with Crippen LogP contribution >= 0.6 is 0 Å². The Hall–Kier alpha value is -3.35. The van der Waals surface area contributed by atoms with E-state index < -0.39 is 5.97 Å². The molecule has 3 rings (SSSR count). The standard InChI is InChI=1S/C17H15N3O4/c1-10(21)24-15-6-3-11(7-16(15)23-2)9-18-12-4-5-13-14(8-12)20-17(22)19-13/h3-9H,1-2H3,(H2,19,20,22). The molecule has 0 saturated heterocycles. The van der Waals surface area contributed by atoms with Crippen LogP contribution in [0.5, 0.6) is 11.5 Å². The van der Waals surface area contributed by atoms with Crippen LogP contribution in [0.3, 0.4) is 0 Å². The fraction of sp³-hybridized carbons (Fsp3) is 0.118. The molecule has 24 heavy (non-hydrogen) atoms. The summed E-state index contributed by atoms with van der Waals surface area (Å²) in [6.07, 6.45) is 1.66. The van der Waals surface area contributed by atoms with E-state index in [4.69, 9.17) is 9.47 Å². The Morgan fingerprint density at radius 3 is 2.62 bits per heavy atom. The van der Waals surface area contributed by atoms with Crippen molar-refractivity contribution in [1.29, 1.82) is 0 Å². The highest BCUT2D eigenvalue weighted by atomic mass is 16.6. The second-order valence-electron chi connectivity index (χ2n) is 5.07. The molecule has 0 radical (unpaired) electrons. The number of carbonyl (C=O) groups is 1. The van der Waals surface area contributed by atoms with Gasteiger partial charge in [-0.25, -0.2) is 4.79 Å². The molecule has 2 N–H and O–H groups in total. The number of hydrogen-bond acceptors (Lipinski definition) is 5. The number of imidazole rings is 1. The second-order valence-corrected chi connectivity index (χ2v) is 5.07. The van der Waals surface area contributed by atoms with E-state index in [9.17, 15) is 9.59 Å². The lowest BCUT2D eigenvalue weighted by atomic mass is 10.2. The van der Waals surface area contributed by atoms with Crippen LogP contribution in [0.2, 0.25) is 0 Å². The van der Waals surface area contributed by atoms with Gasteiger partial charge >= 0.3 is 11.7 Å². The minimum absolute atomic E-state index is 0.253. The van der Waals surface area contributed by atoms with Crippen LogP contribution in [0, 0.1) is 0 Å². The lowest BCUT2D eigenvalue weighted by Gasteiger charge is -2.08. The number of nitrogens with zero attached hydrogens (tertiary/aromatic N) is 1. The number of ether oxygens (including phenoxy) is 2. The quantitative estimate of drug-likeness (QED) is 0.437. The van der Waals surface area contributed by atoms with Gasteiger partial charge in [0.25, 0.3) is 0 Å². The van der Waals surface area contributed by atoms with Crippen LogP contribution in [0.15, 0.2) is 46.2 Å². The topological polar surface area (TPSA) is 96.5 Å². The normalized spacial score (nSPS) is 11.1. The summed E-state index contributed by atoms with van der Waals surface area (Å²) in [4.78, 5) is 32.1. The molecule has 1 heterocycles. The molecule has 0 aliphatic rings. The van der Waals surface area contributed by atoms with Crippen molar-refractivity contribution < 1.29 is 14.3 Å². The van der Waals surface area contributed by atoms with Crippen molar-refractivity contribution in [2.24, 2.45) is 4.99 Å². The molecule has 0 spiro atoms. The number of aromatic amines is 2. The minimum atomic E-state index is -0.413. The van der Waals surface area contributed by atoms with E-state index in [1.54, 1.807) is 42.6 Å². The van der Waals surface area contributed by atoms with Crippen LogP contribution in [-0.4, -0.2) is 29.3 Å². The van der Waals surface area contributed by atoms with E-state index >= 15 is 0 Å². The number of H-pyrrole nitrogens is 2. The Morgan fingerprint density at radius 2 is 1.88 bits per heavy atom. The van der Waals surface area contributed by atoms with Gasteiger partial charge in [0, 0.05) is 13.1 Å². The molecule has 0 unspecified atom stereocenters. The van der Waals surface area contributed by atoms with Crippen LogP contribution in [0.1, 0.15) is 12.5 Å². The van der Waals surface area contributed by atoms with Gasteiger partial charge < -0.3 is 19.4 Å². The maximum absolute atomic E-state index is 11.3. The molecule has 0 aliphatic heterocycles. The van der Waals surface area contributed by atoms with Gasteiger partial charge in [0.05, 0.1) is 23.8 Å². The summed E-state index contributed by atoms with van der Waals surface area (Å²) in [5.41, 5.74) is 2.65. The SMILES string of the molecule is COc1cc(C=Nc2ccc3[nH]c(=O)[nH]c3c2)ccc1OC(C)=O. The van der Waals surface area contributed by atoms with Crippen LogP contribution in [-0.2, 0) is 4.79 Å². The average Bonchev–Trinajstić information content (AvgIpc) is 2.92. The molecule has 0 amide bonds. The maximum atomic E-state index is 11.3. The largest absolute Gasteiger partial charge is 0.493 e. The number of rotatable bonds is 4. The molecular formula is C17H15N3O4. The predicted molar refractivity (Wildman–Crippen MR) is 90.5 cm³/mol. The number of aromatic nitrogens is 2. The highest BCUT2D eigenvalue weighted by molar-refractivity contribution is 5.85. The zero-order valence-electron chi connectivity index (χ0n) is 13.1. The van der Waals surface area contributed by atoms with Crippen molar-refractivity contribution in [3.8, 4) is 11.5 Å². The second kappa shape index (κ2) is 6.41. The first-order valence-corrected chi connectivity index (χ1v) is 7.18. The average molecular weight is 325 g/mol. The van der Waals surface area contributed by atoms with E-state index in [1.807, 2.05) is 0 Å². The zero-order chi connectivity index (χ0) is 17.1. The Labute approximate surface area is 137 Å². The summed E-state index contributed by atoms with van der Waals surface area (Å²) in [5, 5.41) is 0. The zero-order valence-corrected chi connectivity index (χ0v) is 13.1. The lowest BCUT2D eigenvalue weighted by Crippen LogP contribution is -2.03. The summed E-state index contributed by atoms with van der Waals surface area (Å²) in [6, 6.07) is 10.5. The first-order chi connectivity index (χ1) is 11.5. The molecule has 7 heteroatoms. The molecular weight excluding hydrogens is 310 g/mol. The smallest absolute Gasteiger partial charge is 0.323 e. The Bertz CT molecular complexity index is 985. The van der Waals surface area contributed by atoms with Crippen molar-refractivity contribution in [3.05, 3.63) is 52.4 Å². The first kappa shape index (κ1) is 15.5. The van der Waals surface area contributed by atoms with Gasteiger partial charge in [-0.15, -0.1) is 0 Å². The molecule has 0 atom stereocenters. The van der Waals surface area contributed by atoms with E-state index in [0.29, 0.717) is 22.7 Å².